The van der Waals surface area contributed by atoms with Crippen molar-refractivity contribution in [2.45, 2.75) is 63.6 Å². The van der Waals surface area contributed by atoms with Crippen LogP contribution < -0.4 is 16.0 Å². The topological polar surface area (TPSA) is 101 Å². The molecule has 8 heteroatoms. The van der Waals surface area contributed by atoms with Crippen molar-refractivity contribution in [1.29, 1.82) is 0 Å². The molecule has 170 valence electrons. The van der Waals surface area contributed by atoms with Crippen LogP contribution in [0.5, 0.6) is 0 Å². The third-order valence-electron chi connectivity index (χ3n) is 7.35. The van der Waals surface area contributed by atoms with Crippen LogP contribution in [-0.4, -0.2) is 38.8 Å². The van der Waals surface area contributed by atoms with E-state index < -0.39 is 0 Å². The predicted molar refractivity (Wildman–Crippen MR) is 119 cm³/mol. The van der Waals surface area contributed by atoms with Crippen molar-refractivity contribution in [3.05, 3.63) is 48.0 Å². The van der Waals surface area contributed by atoms with Crippen molar-refractivity contribution in [1.82, 2.24) is 30.7 Å². The maximum atomic E-state index is 12.5. The van der Waals surface area contributed by atoms with Crippen molar-refractivity contribution in [2.24, 2.45) is 17.8 Å². The molecule has 0 atom stereocenters. The average molecular weight is 437 g/mol. The van der Waals surface area contributed by atoms with E-state index >= 15 is 0 Å². The van der Waals surface area contributed by atoms with Gasteiger partial charge in [-0.25, -0.2) is 14.5 Å². The molecule has 0 saturated heterocycles. The minimum absolute atomic E-state index is 0.00164. The Balaban J connectivity index is 1.02. The maximum absolute atomic E-state index is 12.5. The highest BCUT2D eigenvalue weighted by Gasteiger charge is 2.51. The van der Waals surface area contributed by atoms with Crippen molar-refractivity contribution in [3.8, 4) is 0 Å². The van der Waals surface area contributed by atoms with Crippen LogP contribution in [0.15, 0.2) is 36.9 Å². The van der Waals surface area contributed by atoms with Crippen LogP contribution in [0.4, 0.5) is 4.79 Å². The standard InChI is InChI=1S/C24H32N6O2/c31-22(27-13-17-2-1-3-18(6-17)14-30-16-25-15-28-30)4-5-26-23(32)29-24-10-19-7-20(11-24)9-21(8-19)12-24/h1-3,6,15-16,19-21H,4-5,7-14H2,(H,27,31)(H2,26,29,32). The molecule has 4 fully saturated rings. The van der Waals surface area contributed by atoms with Gasteiger partial charge in [0.25, 0.3) is 0 Å². The highest BCUT2D eigenvalue weighted by atomic mass is 16.2. The van der Waals surface area contributed by atoms with Crippen LogP contribution >= 0.6 is 0 Å². The summed E-state index contributed by atoms with van der Waals surface area (Å²) >= 11 is 0. The van der Waals surface area contributed by atoms with Gasteiger partial charge in [-0.1, -0.05) is 24.3 Å². The number of rotatable bonds is 8. The monoisotopic (exact) mass is 436 g/mol. The first-order valence-corrected chi connectivity index (χ1v) is 11.8. The molecule has 3 N–H and O–H groups in total. The first kappa shape index (κ1) is 21.0. The van der Waals surface area contributed by atoms with Gasteiger partial charge in [0, 0.05) is 25.0 Å². The summed E-state index contributed by atoms with van der Waals surface area (Å²) in [7, 11) is 0. The maximum Gasteiger partial charge on any atom is 0.315 e. The van der Waals surface area contributed by atoms with Gasteiger partial charge in [0.05, 0.1) is 6.54 Å². The lowest BCUT2D eigenvalue weighted by atomic mass is 9.53. The van der Waals surface area contributed by atoms with Gasteiger partial charge in [-0.2, -0.15) is 5.10 Å². The van der Waals surface area contributed by atoms with Gasteiger partial charge in [0.15, 0.2) is 0 Å². The molecule has 0 unspecified atom stereocenters. The number of nitrogens with zero attached hydrogens (tertiary/aromatic N) is 3. The quantitative estimate of drug-likeness (QED) is 0.592. The average Bonchev–Trinajstić information content (AvgIpc) is 3.24. The fourth-order valence-electron chi connectivity index (χ4n) is 6.47. The van der Waals surface area contributed by atoms with E-state index in [1.54, 1.807) is 11.0 Å². The largest absolute Gasteiger partial charge is 0.352 e. The summed E-state index contributed by atoms with van der Waals surface area (Å²) in [5.41, 5.74) is 2.13. The molecule has 0 radical (unpaired) electrons. The number of benzene rings is 1. The summed E-state index contributed by atoms with van der Waals surface area (Å²) in [6.07, 6.45) is 10.9. The van der Waals surface area contributed by atoms with Crippen molar-refractivity contribution >= 4 is 11.9 Å². The van der Waals surface area contributed by atoms with Gasteiger partial charge in [0.2, 0.25) is 5.91 Å². The molecule has 1 heterocycles. The summed E-state index contributed by atoms with van der Waals surface area (Å²) in [6.45, 7) is 1.45. The summed E-state index contributed by atoms with van der Waals surface area (Å²) in [5.74, 6) is 2.31. The molecule has 6 rings (SSSR count). The Labute approximate surface area is 188 Å². The minimum atomic E-state index is -0.124. The van der Waals surface area contributed by atoms with Crippen molar-refractivity contribution < 1.29 is 9.59 Å². The third-order valence-corrected chi connectivity index (χ3v) is 7.35. The van der Waals surface area contributed by atoms with Gasteiger partial charge >= 0.3 is 6.03 Å². The molecule has 32 heavy (non-hydrogen) atoms. The van der Waals surface area contributed by atoms with E-state index in [4.69, 9.17) is 0 Å². The Morgan fingerprint density at radius 1 is 1.03 bits per heavy atom. The van der Waals surface area contributed by atoms with E-state index in [9.17, 15) is 9.59 Å². The Morgan fingerprint density at radius 2 is 1.75 bits per heavy atom. The Bertz CT molecular complexity index is 922. The lowest BCUT2D eigenvalue weighted by Gasteiger charge is -2.56. The van der Waals surface area contributed by atoms with Crippen LogP contribution in [0.3, 0.4) is 0 Å². The lowest BCUT2D eigenvalue weighted by molar-refractivity contribution is -0.121. The molecule has 0 aliphatic heterocycles. The molecule has 0 spiro atoms. The van der Waals surface area contributed by atoms with Crippen LogP contribution in [0.1, 0.15) is 56.1 Å². The van der Waals surface area contributed by atoms with E-state index in [1.807, 2.05) is 18.2 Å². The van der Waals surface area contributed by atoms with Gasteiger partial charge in [-0.3, -0.25) is 4.79 Å². The minimum Gasteiger partial charge on any atom is -0.352 e. The zero-order valence-corrected chi connectivity index (χ0v) is 18.4. The highest BCUT2D eigenvalue weighted by molar-refractivity contribution is 5.78. The zero-order chi connectivity index (χ0) is 22.0. The third kappa shape index (κ3) is 4.95. The van der Waals surface area contributed by atoms with Gasteiger partial charge < -0.3 is 16.0 Å². The molecule has 1 aromatic heterocycles. The summed E-state index contributed by atoms with van der Waals surface area (Å²) < 4.78 is 1.76. The first-order chi connectivity index (χ1) is 15.6. The molecule has 4 aliphatic rings. The molecule has 3 amide bonds. The number of urea groups is 1. The van der Waals surface area contributed by atoms with E-state index in [2.05, 4.69) is 32.1 Å². The van der Waals surface area contributed by atoms with Gasteiger partial charge in [-0.05, 0) is 67.4 Å². The van der Waals surface area contributed by atoms with E-state index in [-0.39, 0.29) is 23.9 Å². The highest BCUT2D eigenvalue weighted by Crippen LogP contribution is 2.55. The molecular formula is C24H32N6O2. The second-order valence-corrected chi connectivity index (χ2v) is 10.0. The number of carbonyl (C=O) groups is 2. The number of carbonyl (C=O) groups excluding carboxylic acids is 2. The van der Waals surface area contributed by atoms with Crippen molar-refractivity contribution in [2.75, 3.05) is 6.54 Å². The molecule has 4 bridgehead atoms. The first-order valence-electron chi connectivity index (χ1n) is 11.8. The molecule has 4 saturated carbocycles. The molecule has 8 nitrogen and oxygen atoms in total. The number of aromatic nitrogens is 3. The van der Waals surface area contributed by atoms with E-state index in [0.717, 1.165) is 48.1 Å². The lowest BCUT2D eigenvalue weighted by Crippen LogP contribution is -2.61. The SMILES string of the molecule is O=C(CCNC(=O)NC12CC3CC(CC(C3)C1)C2)NCc1cccc(Cn2cncn2)c1. The fourth-order valence-corrected chi connectivity index (χ4v) is 6.47. The Hall–Kier alpha value is -2.90. The predicted octanol–water partition coefficient (Wildman–Crippen LogP) is 2.60. The normalized spacial score (nSPS) is 27.8. The number of amides is 3. The molecule has 1 aromatic carbocycles. The molecule has 2 aromatic rings. The second-order valence-electron chi connectivity index (χ2n) is 10.0. The smallest absolute Gasteiger partial charge is 0.315 e. The Kier molecular flexibility index (Phi) is 5.85. The molecular weight excluding hydrogens is 404 g/mol. The van der Waals surface area contributed by atoms with Gasteiger partial charge in [0.1, 0.15) is 12.7 Å². The van der Waals surface area contributed by atoms with Crippen LogP contribution in [-0.2, 0) is 17.9 Å². The summed E-state index contributed by atoms with van der Waals surface area (Å²) in [6, 6.07) is 7.92. The van der Waals surface area contributed by atoms with Crippen molar-refractivity contribution in [3.63, 3.8) is 0 Å². The van der Waals surface area contributed by atoms with Crippen LogP contribution in [0, 0.1) is 17.8 Å². The number of nitrogens with one attached hydrogen (secondary N) is 3. The summed E-state index contributed by atoms with van der Waals surface area (Å²) in [5, 5.41) is 13.2. The van der Waals surface area contributed by atoms with Crippen LogP contribution in [0.25, 0.3) is 0 Å². The van der Waals surface area contributed by atoms with E-state index in [1.165, 1.54) is 25.6 Å². The zero-order valence-electron chi connectivity index (χ0n) is 18.4. The van der Waals surface area contributed by atoms with Crippen LogP contribution in [0.2, 0.25) is 0 Å². The Morgan fingerprint density at radius 3 is 2.44 bits per heavy atom. The van der Waals surface area contributed by atoms with E-state index in [0.29, 0.717) is 19.6 Å². The fraction of sp³-hybridized carbons (Fsp3) is 0.583. The second kappa shape index (κ2) is 8.92. The summed E-state index contributed by atoms with van der Waals surface area (Å²) in [4.78, 5) is 28.7. The van der Waals surface area contributed by atoms with Gasteiger partial charge in [-0.15, -0.1) is 0 Å². The number of hydrogen-bond donors (Lipinski definition) is 3. The number of hydrogen-bond acceptors (Lipinski definition) is 4. The molecule has 4 aliphatic carbocycles.